The van der Waals surface area contributed by atoms with Crippen LogP contribution in [0.1, 0.15) is 5.56 Å². The molecule has 0 saturated heterocycles. The Hall–Kier alpha value is -0.930. The van der Waals surface area contributed by atoms with Crippen molar-refractivity contribution in [1.29, 1.82) is 0 Å². The number of benzene rings is 1. The minimum atomic E-state index is -1.14. The van der Waals surface area contributed by atoms with Crippen LogP contribution in [0.15, 0.2) is 40.9 Å². The molecule has 13 heavy (non-hydrogen) atoms. The van der Waals surface area contributed by atoms with E-state index in [0.717, 1.165) is 5.56 Å². The summed E-state index contributed by atoms with van der Waals surface area (Å²) in [5.41, 5.74) is 0.743. The van der Waals surface area contributed by atoms with Crippen molar-refractivity contribution < 1.29 is 4.21 Å². The molecule has 0 bridgehead atoms. The van der Waals surface area contributed by atoms with Crippen molar-refractivity contribution in [2.24, 2.45) is 4.99 Å². The van der Waals surface area contributed by atoms with Crippen molar-refractivity contribution in [2.45, 2.75) is 0 Å². The molecule has 1 heterocycles. The molecule has 1 unspecified atom stereocenters. The summed E-state index contributed by atoms with van der Waals surface area (Å²) in [6, 6.07) is 7.25. The molecule has 0 aromatic heterocycles. The summed E-state index contributed by atoms with van der Waals surface area (Å²) in [5, 5.41) is 2.66. The first kappa shape index (κ1) is 8.66. The molecule has 1 aliphatic heterocycles. The van der Waals surface area contributed by atoms with Crippen molar-refractivity contribution in [1.82, 2.24) is 0 Å². The van der Waals surface area contributed by atoms with Crippen LogP contribution in [0.5, 0.6) is 0 Å². The topological polar surface area (TPSA) is 29.4 Å². The van der Waals surface area contributed by atoms with Crippen molar-refractivity contribution in [2.75, 3.05) is 0 Å². The molecule has 0 N–H and O–H groups in total. The smallest absolute Gasteiger partial charge is 0.140 e. The first-order valence-corrected chi connectivity index (χ1v) is 5.28. The molecule has 4 heteroatoms. The van der Waals surface area contributed by atoms with Gasteiger partial charge in [-0.2, -0.15) is 0 Å². The molecule has 0 fully saturated rings. The van der Waals surface area contributed by atoms with E-state index in [4.69, 9.17) is 11.6 Å². The summed E-state index contributed by atoms with van der Waals surface area (Å²) in [6.45, 7) is 0. The van der Waals surface area contributed by atoms with E-state index in [1.54, 1.807) is 11.5 Å². The van der Waals surface area contributed by atoms with Crippen LogP contribution >= 0.6 is 11.6 Å². The number of halogens is 1. The summed E-state index contributed by atoms with van der Waals surface area (Å²) in [4.78, 5) is 4.00. The standard InChI is InChI=1S/C9H6ClNOS/c10-8-4-2-1-3-7(8)9-11-5-6-13(9)12/h1-6H. The Kier molecular flexibility index (Phi) is 2.29. The molecule has 1 atom stereocenters. The first-order chi connectivity index (χ1) is 6.29. The first-order valence-electron chi connectivity index (χ1n) is 3.69. The van der Waals surface area contributed by atoms with E-state index in [2.05, 4.69) is 4.99 Å². The second-order valence-corrected chi connectivity index (χ2v) is 4.16. The van der Waals surface area contributed by atoms with Gasteiger partial charge in [-0.15, -0.1) is 0 Å². The van der Waals surface area contributed by atoms with Crippen LogP contribution in [0.2, 0.25) is 5.02 Å². The SMILES string of the molecule is O=S1C=CN=C1c1ccccc1Cl. The van der Waals surface area contributed by atoms with Crippen LogP contribution < -0.4 is 0 Å². The molecule has 0 saturated carbocycles. The Morgan fingerprint density at radius 1 is 1.31 bits per heavy atom. The van der Waals surface area contributed by atoms with Gasteiger partial charge in [0.25, 0.3) is 0 Å². The molecule has 0 aliphatic carbocycles. The van der Waals surface area contributed by atoms with Gasteiger partial charge in [0.2, 0.25) is 0 Å². The predicted octanol–water partition coefficient (Wildman–Crippen LogP) is 2.32. The highest BCUT2D eigenvalue weighted by Crippen LogP contribution is 2.19. The van der Waals surface area contributed by atoms with E-state index in [0.29, 0.717) is 10.1 Å². The fourth-order valence-electron chi connectivity index (χ4n) is 1.08. The molecule has 0 amide bonds. The fourth-order valence-corrected chi connectivity index (χ4v) is 2.22. The van der Waals surface area contributed by atoms with Gasteiger partial charge in [0, 0.05) is 17.2 Å². The van der Waals surface area contributed by atoms with E-state index in [1.165, 1.54) is 6.20 Å². The van der Waals surface area contributed by atoms with Crippen LogP contribution in [0.25, 0.3) is 0 Å². The van der Waals surface area contributed by atoms with E-state index in [9.17, 15) is 4.21 Å². The van der Waals surface area contributed by atoms with Crippen LogP contribution in [0, 0.1) is 0 Å². The average molecular weight is 212 g/mol. The monoisotopic (exact) mass is 211 g/mol. The lowest BCUT2D eigenvalue weighted by Gasteiger charge is -2.01. The molecule has 66 valence electrons. The normalized spacial score (nSPS) is 20.4. The number of hydrogen-bond donors (Lipinski definition) is 0. The minimum absolute atomic E-state index is 0.533. The van der Waals surface area contributed by atoms with Gasteiger partial charge >= 0.3 is 0 Å². The second kappa shape index (κ2) is 3.44. The maximum atomic E-state index is 11.4. The Morgan fingerprint density at radius 3 is 2.69 bits per heavy atom. The Morgan fingerprint density at radius 2 is 2.08 bits per heavy atom. The Bertz CT molecular complexity index is 425. The van der Waals surface area contributed by atoms with Gasteiger partial charge in [-0.05, 0) is 6.07 Å². The maximum Gasteiger partial charge on any atom is 0.140 e. The average Bonchev–Trinajstić information content (AvgIpc) is 2.52. The Balaban J connectivity index is 2.48. The van der Waals surface area contributed by atoms with Gasteiger partial charge in [0.05, 0.1) is 15.8 Å². The van der Waals surface area contributed by atoms with Crippen LogP contribution in [0.4, 0.5) is 0 Å². The largest absolute Gasteiger partial charge is 0.248 e. The Labute approximate surface area is 83.4 Å². The highest BCUT2D eigenvalue weighted by Gasteiger charge is 2.15. The highest BCUT2D eigenvalue weighted by atomic mass is 35.5. The molecule has 2 rings (SSSR count). The van der Waals surface area contributed by atoms with Crippen LogP contribution in [0.3, 0.4) is 0 Å². The van der Waals surface area contributed by atoms with Crippen molar-refractivity contribution in [3.8, 4) is 0 Å². The van der Waals surface area contributed by atoms with Crippen LogP contribution in [-0.4, -0.2) is 9.25 Å². The molecule has 1 aromatic rings. The summed E-state index contributed by atoms with van der Waals surface area (Å²) >= 11 is 5.93. The van der Waals surface area contributed by atoms with E-state index < -0.39 is 10.8 Å². The number of nitrogens with zero attached hydrogens (tertiary/aromatic N) is 1. The minimum Gasteiger partial charge on any atom is -0.248 e. The highest BCUT2D eigenvalue weighted by molar-refractivity contribution is 8.04. The van der Waals surface area contributed by atoms with Gasteiger partial charge in [0.1, 0.15) is 5.04 Å². The zero-order chi connectivity index (χ0) is 9.26. The maximum absolute atomic E-state index is 11.4. The quantitative estimate of drug-likeness (QED) is 0.701. The van der Waals surface area contributed by atoms with Crippen molar-refractivity contribution in [3.05, 3.63) is 46.5 Å². The molecule has 1 aliphatic rings. The van der Waals surface area contributed by atoms with Gasteiger partial charge in [-0.3, -0.25) is 0 Å². The second-order valence-electron chi connectivity index (χ2n) is 2.50. The third-order valence-corrected chi connectivity index (χ3v) is 3.08. The predicted molar refractivity (Wildman–Crippen MR) is 55.3 cm³/mol. The summed E-state index contributed by atoms with van der Waals surface area (Å²) in [5.74, 6) is 0. The molecule has 1 aromatic carbocycles. The number of hydrogen-bond acceptors (Lipinski definition) is 2. The lowest BCUT2D eigenvalue weighted by molar-refractivity contribution is 0.695. The van der Waals surface area contributed by atoms with Gasteiger partial charge in [-0.1, -0.05) is 29.8 Å². The van der Waals surface area contributed by atoms with Crippen molar-refractivity contribution >= 4 is 27.4 Å². The summed E-state index contributed by atoms with van der Waals surface area (Å²) in [6.07, 6.45) is 1.54. The van der Waals surface area contributed by atoms with Gasteiger partial charge in [0.15, 0.2) is 0 Å². The zero-order valence-corrected chi connectivity index (χ0v) is 8.18. The molecular weight excluding hydrogens is 206 g/mol. The zero-order valence-electron chi connectivity index (χ0n) is 6.61. The van der Waals surface area contributed by atoms with E-state index >= 15 is 0 Å². The van der Waals surface area contributed by atoms with E-state index in [1.807, 2.05) is 18.2 Å². The third-order valence-electron chi connectivity index (χ3n) is 1.67. The third kappa shape index (κ3) is 1.57. The lowest BCUT2D eigenvalue weighted by Crippen LogP contribution is -2.03. The summed E-state index contributed by atoms with van der Waals surface area (Å²) < 4.78 is 11.4. The molecular formula is C9H6ClNOS. The molecule has 2 nitrogen and oxygen atoms in total. The van der Waals surface area contributed by atoms with Gasteiger partial charge < -0.3 is 0 Å². The number of rotatable bonds is 1. The van der Waals surface area contributed by atoms with Crippen molar-refractivity contribution in [3.63, 3.8) is 0 Å². The number of aliphatic imine (C=N–C) groups is 1. The van der Waals surface area contributed by atoms with E-state index in [-0.39, 0.29) is 0 Å². The van der Waals surface area contributed by atoms with Gasteiger partial charge in [-0.25, -0.2) is 9.20 Å². The fraction of sp³-hybridized carbons (Fsp3) is 0. The molecule has 0 radical (unpaired) electrons. The summed E-state index contributed by atoms with van der Waals surface area (Å²) in [7, 11) is -1.14. The lowest BCUT2D eigenvalue weighted by atomic mass is 10.2. The van der Waals surface area contributed by atoms with Crippen LogP contribution in [-0.2, 0) is 10.8 Å². The molecule has 0 spiro atoms.